The molecule has 0 aliphatic rings. The number of nitrogens with zero attached hydrogens (tertiary/aromatic N) is 1. The van der Waals surface area contributed by atoms with Crippen LogP contribution < -0.4 is 10.6 Å². The van der Waals surface area contributed by atoms with Gasteiger partial charge in [0, 0.05) is 24.6 Å². The minimum Gasteiger partial charge on any atom is -0.373 e. The van der Waals surface area contributed by atoms with E-state index in [-0.39, 0.29) is 22.2 Å². The lowest BCUT2D eigenvalue weighted by molar-refractivity contribution is 0.102. The topological polar surface area (TPSA) is 77.9 Å². The smallest absolute Gasteiger partial charge is 0.258 e. The lowest BCUT2D eigenvalue weighted by atomic mass is 10.0. The summed E-state index contributed by atoms with van der Waals surface area (Å²) in [5.74, 6) is 0.499. The zero-order valence-electron chi connectivity index (χ0n) is 14.2. The summed E-state index contributed by atoms with van der Waals surface area (Å²) in [6, 6.07) is 7.69. The normalized spacial score (nSPS) is 10.6. The van der Waals surface area contributed by atoms with Crippen molar-refractivity contribution in [3.8, 4) is 0 Å². The third kappa shape index (κ3) is 3.74. The third-order valence-electron chi connectivity index (χ3n) is 3.68. The molecule has 0 spiro atoms. The molecule has 0 atom stereocenters. The quantitative estimate of drug-likeness (QED) is 0.697. The van der Waals surface area contributed by atoms with Crippen molar-refractivity contribution >= 4 is 34.7 Å². The van der Waals surface area contributed by atoms with Crippen molar-refractivity contribution in [3.63, 3.8) is 0 Å². The summed E-state index contributed by atoms with van der Waals surface area (Å²) in [7, 11) is 1.70. The van der Waals surface area contributed by atoms with Gasteiger partial charge in [-0.1, -0.05) is 37.6 Å². The Hall–Kier alpha value is -2.40. The predicted octanol–water partition coefficient (Wildman–Crippen LogP) is 4.54. The Kier molecular flexibility index (Phi) is 5.57. The van der Waals surface area contributed by atoms with Crippen LogP contribution in [0.25, 0.3) is 0 Å². The van der Waals surface area contributed by atoms with Crippen LogP contribution in [0.15, 0.2) is 30.5 Å². The SMILES string of the molecule is CNc1ncc(C(=O)Nc2cccc(C(C)C)c2)c(Cl)c1C(C)=N. The molecule has 5 nitrogen and oxygen atoms in total. The molecule has 0 aliphatic heterocycles. The monoisotopic (exact) mass is 344 g/mol. The molecule has 0 aliphatic carbocycles. The minimum atomic E-state index is -0.349. The maximum absolute atomic E-state index is 12.6. The summed E-state index contributed by atoms with van der Waals surface area (Å²) in [5.41, 5.74) is 2.76. The van der Waals surface area contributed by atoms with Crippen LogP contribution in [-0.4, -0.2) is 23.7 Å². The number of aromatic nitrogens is 1. The Morgan fingerprint density at radius 2 is 2.04 bits per heavy atom. The van der Waals surface area contributed by atoms with Gasteiger partial charge in [0.15, 0.2) is 0 Å². The lowest BCUT2D eigenvalue weighted by Gasteiger charge is -2.13. The summed E-state index contributed by atoms with van der Waals surface area (Å²) in [6.45, 7) is 5.80. The number of anilines is 2. The average molecular weight is 345 g/mol. The number of benzene rings is 1. The van der Waals surface area contributed by atoms with Crippen molar-refractivity contribution in [2.45, 2.75) is 26.7 Å². The fourth-order valence-corrected chi connectivity index (χ4v) is 2.72. The van der Waals surface area contributed by atoms with E-state index in [1.165, 1.54) is 6.20 Å². The van der Waals surface area contributed by atoms with E-state index in [9.17, 15) is 4.79 Å². The second-order valence-electron chi connectivity index (χ2n) is 5.82. The molecule has 0 saturated carbocycles. The van der Waals surface area contributed by atoms with E-state index >= 15 is 0 Å². The maximum atomic E-state index is 12.6. The van der Waals surface area contributed by atoms with Gasteiger partial charge >= 0.3 is 0 Å². The number of nitrogens with one attached hydrogen (secondary N) is 3. The molecule has 1 amide bonds. The molecule has 0 fully saturated rings. The van der Waals surface area contributed by atoms with Crippen LogP contribution >= 0.6 is 11.6 Å². The molecule has 126 valence electrons. The molecule has 2 rings (SSSR count). The highest BCUT2D eigenvalue weighted by atomic mass is 35.5. The van der Waals surface area contributed by atoms with Gasteiger partial charge in [0.2, 0.25) is 0 Å². The van der Waals surface area contributed by atoms with E-state index in [1.54, 1.807) is 14.0 Å². The summed E-state index contributed by atoms with van der Waals surface area (Å²) >= 11 is 6.35. The van der Waals surface area contributed by atoms with Crippen molar-refractivity contribution < 1.29 is 4.79 Å². The van der Waals surface area contributed by atoms with Crippen LogP contribution in [0, 0.1) is 5.41 Å². The highest BCUT2D eigenvalue weighted by Crippen LogP contribution is 2.27. The first-order valence-electron chi connectivity index (χ1n) is 7.68. The van der Waals surface area contributed by atoms with Gasteiger partial charge in [0.1, 0.15) is 5.82 Å². The van der Waals surface area contributed by atoms with Gasteiger partial charge < -0.3 is 16.0 Å². The summed E-state index contributed by atoms with van der Waals surface area (Å²) in [6.07, 6.45) is 1.42. The number of hydrogen-bond donors (Lipinski definition) is 3. The largest absolute Gasteiger partial charge is 0.373 e. The predicted molar refractivity (Wildman–Crippen MR) is 99.8 cm³/mol. The van der Waals surface area contributed by atoms with Crippen molar-refractivity contribution in [1.29, 1.82) is 5.41 Å². The van der Waals surface area contributed by atoms with E-state index in [2.05, 4.69) is 29.5 Å². The molecule has 6 heteroatoms. The average Bonchev–Trinajstić information content (AvgIpc) is 2.54. The number of carbonyl (C=O) groups is 1. The minimum absolute atomic E-state index is 0.222. The molecule has 0 radical (unpaired) electrons. The standard InChI is InChI=1S/C18H21ClN4O/c1-10(2)12-6-5-7-13(8-12)23-18(24)14-9-22-17(21-4)15(11(3)20)16(14)19/h5-10,20H,1-4H3,(H,21,22)(H,23,24). The Balaban J connectivity index is 2.35. The molecule has 1 aromatic carbocycles. The van der Waals surface area contributed by atoms with E-state index in [0.29, 0.717) is 23.0 Å². The summed E-state index contributed by atoms with van der Waals surface area (Å²) < 4.78 is 0. The maximum Gasteiger partial charge on any atom is 0.258 e. The number of carbonyl (C=O) groups excluding carboxylic acids is 1. The van der Waals surface area contributed by atoms with Crippen LogP contribution in [0.5, 0.6) is 0 Å². The van der Waals surface area contributed by atoms with Crippen molar-refractivity contribution in [3.05, 3.63) is 52.2 Å². The van der Waals surface area contributed by atoms with Gasteiger partial charge in [-0.15, -0.1) is 0 Å². The van der Waals surface area contributed by atoms with E-state index in [0.717, 1.165) is 5.56 Å². The van der Waals surface area contributed by atoms with Gasteiger partial charge in [0.05, 0.1) is 16.1 Å². The fourth-order valence-electron chi connectivity index (χ4n) is 2.35. The summed E-state index contributed by atoms with van der Waals surface area (Å²) in [5, 5.41) is 13.8. The second kappa shape index (κ2) is 7.45. The van der Waals surface area contributed by atoms with E-state index < -0.39 is 0 Å². The fraction of sp³-hybridized carbons (Fsp3) is 0.278. The van der Waals surface area contributed by atoms with Crippen LogP contribution in [0.1, 0.15) is 48.2 Å². The zero-order chi connectivity index (χ0) is 17.9. The highest BCUT2D eigenvalue weighted by Gasteiger charge is 2.19. The van der Waals surface area contributed by atoms with Crippen molar-refractivity contribution in [2.75, 3.05) is 17.7 Å². The Morgan fingerprint density at radius 1 is 1.33 bits per heavy atom. The first-order chi connectivity index (χ1) is 11.3. The molecule has 0 saturated heterocycles. The molecule has 0 unspecified atom stereocenters. The van der Waals surface area contributed by atoms with Crippen LogP contribution in [0.2, 0.25) is 5.02 Å². The lowest BCUT2D eigenvalue weighted by Crippen LogP contribution is -2.16. The highest BCUT2D eigenvalue weighted by molar-refractivity contribution is 6.38. The van der Waals surface area contributed by atoms with Crippen molar-refractivity contribution in [2.24, 2.45) is 0 Å². The third-order valence-corrected chi connectivity index (χ3v) is 4.08. The number of amides is 1. The van der Waals surface area contributed by atoms with E-state index in [4.69, 9.17) is 17.0 Å². The summed E-state index contributed by atoms with van der Waals surface area (Å²) in [4.78, 5) is 16.8. The first-order valence-corrected chi connectivity index (χ1v) is 8.06. The zero-order valence-corrected chi connectivity index (χ0v) is 15.0. The van der Waals surface area contributed by atoms with Gasteiger partial charge in [-0.25, -0.2) is 4.98 Å². The molecule has 1 heterocycles. The molecule has 1 aromatic heterocycles. The molecule has 0 bridgehead atoms. The molecular formula is C18H21ClN4O. The molecule has 2 aromatic rings. The Bertz CT molecular complexity index is 787. The number of halogens is 1. The van der Waals surface area contributed by atoms with Gasteiger partial charge in [-0.3, -0.25) is 4.79 Å². The number of pyridine rings is 1. The van der Waals surface area contributed by atoms with E-state index in [1.807, 2.05) is 24.3 Å². The van der Waals surface area contributed by atoms with Crippen LogP contribution in [-0.2, 0) is 0 Å². The van der Waals surface area contributed by atoms with Crippen molar-refractivity contribution in [1.82, 2.24) is 4.98 Å². The molecule has 3 N–H and O–H groups in total. The van der Waals surface area contributed by atoms with Gasteiger partial charge in [0.25, 0.3) is 5.91 Å². The molecule has 24 heavy (non-hydrogen) atoms. The Morgan fingerprint density at radius 3 is 2.62 bits per heavy atom. The van der Waals surface area contributed by atoms with Crippen LogP contribution in [0.4, 0.5) is 11.5 Å². The Labute approximate surface area is 147 Å². The van der Waals surface area contributed by atoms with Gasteiger partial charge in [-0.05, 0) is 30.5 Å². The molecular weight excluding hydrogens is 324 g/mol. The van der Waals surface area contributed by atoms with Crippen LogP contribution in [0.3, 0.4) is 0 Å². The number of rotatable bonds is 5. The second-order valence-corrected chi connectivity index (χ2v) is 6.20. The number of hydrogen-bond acceptors (Lipinski definition) is 4. The van der Waals surface area contributed by atoms with Gasteiger partial charge in [-0.2, -0.15) is 0 Å². The first kappa shape index (κ1) is 17.9.